The van der Waals surface area contributed by atoms with Gasteiger partial charge in [-0.3, -0.25) is 38.4 Å². The first kappa shape index (κ1) is 78.7. The van der Waals surface area contributed by atoms with Gasteiger partial charge in [0.2, 0.25) is 37.6 Å². The summed E-state index contributed by atoms with van der Waals surface area (Å²) < 4.78 is 34.5. The van der Waals surface area contributed by atoms with E-state index in [2.05, 4.69) is 107 Å². The Morgan fingerprint density at radius 2 is 0.842 bits per heavy atom. The number of hydrogen-bond donors (Lipinski definition) is 7. The van der Waals surface area contributed by atoms with Crippen molar-refractivity contribution in [2.24, 2.45) is 5.73 Å². The van der Waals surface area contributed by atoms with Gasteiger partial charge in [0.25, 0.3) is 6.47 Å². The zero-order chi connectivity index (χ0) is 70.2. The van der Waals surface area contributed by atoms with Gasteiger partial charge in [0.1, 0.15) is 53.3 Å². The van der Waals surface area contributed by atoms with E-state index in [0.29, 0.717) is 30.1 Å². The minimum atomic E-state index is -2.56. The molecule has 0 aliphatic rings. The van der Waals surface area contributed by atoms with Crippen LogP contribution in [0, 0.1) is 11.5 Å². The van der Waals surface area contributed by atoms with Gasteiger partial charge in [0.15, 0.2) is 0 Å². The number of hydrogen-bond acceptors (Lipinski definition) is 15. The van der Waals surface area contributed by atoms with Crippen molar-refractivity contribution in [1.29, 1.82) is 0 Å². The van der Waals surface area contributed by atoms with Crippen LogP contribution in [0.2, 0.25) is 5.04 Å². The Hall–Kier alpha value is -8.72. The van der Waals surface area contributed by atoms with E-state index >= 15 is 0 Å². The molecule has 0 bridgehead atoms. The number of carbonyl (C=O) groups is 8. The van der Waals surface area contributed by atoms with E-state index in [1.807, 2.05) is 63.2 Å². The van der Waals surface area contributed by atoms with Crippen molar-refractivity contribution in [3.8, 4) is 17.2 Å². The van der Waals surface area contributed by atoms with Gasteiger partial charge in [-0.2, -0.15) is 0 Å². The van der Waals surface area contributed by atoms with E-state index in [9.17, 15) is 33.6 Å². The molecule has 0 aromatic heterocycles. The number of nitrogens with two attached hydrogens (primary N) is 1. The predicted octanol–water partition coefficient (Wildman–Crippen LogP) is 6.09. The Bertz CT molecular complexity index is 3230. The second-order valence-electron chi connectivity index (χ2n) is 26.6. The molecule has 0 heterocycles. The Labute approximate surface area is 561 Å². The molecule has 0 saturated carbocycles. The van der Waals surface area contributed by atoms with E-state index < -0.39 is 109 Å². The fourth-order valence-electron chi connectivity index (χ4n) is 9.97. The van der Waals surface area contributed by atoms with Gasteiger partial charge in [0, 0.05) is 19.4 Å². The lowest BCUT2D eigenvalue weighted by molar-refractivity contribution is -0.158. The molecule has 8 N–H and O–H groups in total. The molecule has 514 valence electrons. The summed E-state index contributed by atoms with van der Waals surface area (Å²) in [5.41, 5.74) is 9.75. The van der Waals surface area contributed by atoms with Gasteiger partial charge in [-0.1, -0.05) is 160 Å². The molecule has 0 aliphatic heterocycles. The van der Waals surface area contributed by atoms with Crippen molar-refractivity contribution in [2.45, 2.75) is 167 Å². The van der Waals surface area contributed by atoms with Crippen LogP contribution in [-0.2, 0) is 81.3 Å². The van der Waals surface area contributed by atoms with Gasteiger partial charge in [-0.05, 0) is 113 Å². The van der Waals surface area contributed by atoms with Crippen molar-refractivity contribution >= 4 is 66.4 Å². The lowest BCUT2D eigenvalue weighted by Crippen LogP contribution is -2.63. The normalized spacial score (nSPS) is 13.2. The Balaban J connectivity index is 0.00000628. The monoisotopic (exact) mass is 1330 g/mol. The van der Waals surface area contributed by atoms with Gasteiger partial charge < -0.3 is 65.8 Å². The molecule has 5 amide bonds. The second kappa shape index (κ2) is 38.6. The molecule has 21 nitrogen and oxygen atoms in total. The standard InChI is InChI=1S/C72H96N6O13Si.CH2O2/c1-69(2,3)89-54-36-34-53(35-37-54)48-58(75-64(81)57(73)46-51-26-17-13-18-27-51)66(83)76-59(47-52-28-19-14-20-29-52)67(84)78-61(50-63(80)91-71(7,8)9)68(85)77-60(49-62(79)90-70(4,5)6)65(82)74-38-40-87-42-44-88-43-41-86-39-25-45-92(72(10,11)12,55-30-21-15-22-31-55)56-32-23-16-24-33-56;2-1-3/h13-24,26-37,57-61H,38-44,46-50,73H2,1-12H3,(H,74,82)(H,75,81)(H,76,83)(H,77,85)(H,78,84);1H,(H,2,3)/t57-,58?,59-,60-,61-;/m0./s1. The number of carboxylic acid groups (broad SMARTS) is 1. The molecule has 1 unspecified atom stereocenters. The summed E-state index contributed by atoms with van der Waals surface area (Å²) in [5, 5.41) is 22.7. The van der Waals surface area contributed by atoms with Crippen LogP contribution in [0.1, 0.15) is 113 Å². The Morgan fingerprint density at radius 1 is 0.474 bits per heavy atom. The van der Waals surface area contributed by atoms with Crippen molar-refractivity contribution in [3.05, 3.63) is 162 Å². The van der Waals surface area contributed by atoms with E-state index in [1.165, 1.54) is 10.4 Å². The zero-order valence-electron chi connectivity index (χ0n) is 57.0. The number of carbonyl (C=O) groups excluding carboxylic acids is 7. The fourth-order valence-corrected chi connectivity index (χ4v) is 14.4. The van der Waals surface area contributed by atoms with Crippen molar-refractivity contribution in [1.82, 2.24) is 26.6 Å². The molecule has 0 radical (unpaired) electrons. The number of ether oxygens (including phenoxy) is 6. The summed E-state index contributed by atoms with van der Waals surface area (Å²) in [6.45, 7) is 23.3. The van der Waals surface area contributed by atoms with Crippen molar-refractivity contribution < 1.29 is 71.9 Å². The molecular weight excluding hydrogens is 1230 g/mol. The fraction of sp³-hybridized carbons (Fsp3) is 0.452. The van der Waals surface area contributed by atoms with Crippen molar-refractivity contribution in [2.75, 3.05) is 46.2 Å². The lowest BCUT2D eigenvalue weighted by Gasteiger charge is -2.39. The molecule has 5 aromatic carbocycles. The van der Waals surface area contributed by atoms with Crippen molar-refractivity contribution in [3.63, 3.8) is 0 Å². The van der Waals surface area contributed by atoms with Crippen LogP contribution >= 0.6 is 0 Å². The van der Waals surface area contributed by atoms with Gasteiger partial charge in [-0.25, -0.2) is 0 Å². The summed E-state index contributed by atoms with van der Waals surface area (Å²) in [6.07, 6.45) is -1.33. The van der Waals surface area contributed by atoms with Crippen LogP contribution in [0.3, 0.4) is 0 Å². The number of nitrogens with one attached hydrogen (secondary N) is 5. The summed E-state index contributed by atoms with van der Waals surface area (Å²) >= 11 is 0. The highest BCUT2D eigenvalue weighted by atomic mass is 28.3. The molecule has 95 heavy (non-hydrogen) atoms. The second-order valence-corrected chi connectivity index (χ2v) is 31.0. The van der Waals surface area contributed by atoms with Crippen LogP contribution < -0.4 is 47.4 Å². The maximum atomic E-state index is 14.8. The van der Waals surface area contributed by atoms with E-state index in [4.69, 9.17) is 44.1 Å². The topological polar surface area (TPSA) is 298 Å². The molecule has 22 heteroatoms. The molecule has 5 atom stereocenters. The largest absolute Gasteiger partial charge is 0.488 e. The number of rotatable bonds is 32. The highest BCUT2D eigenvalue weighted by Gasteiger charge is 2.47. The quantitative estimate of drug-likeness (QED) is 0.00842. The Morgan fingerprint density at radius 3 is 1.27 bits per heavy atom. The molecule has 0 fully saturated rings. The third-order valence-electron chi connectivity index (χ3n) is 14.1. The molecule has 0 aliphatic carbocycles. The summed E-state index contributed by atoms with van der Waals surface area (Å²) in [6, 6.07) is 38.9. The van der Waals surface area contributed by atoms with Gasteiger partial charge in [-0.15, -0.1) is 5.54 Å². The summed E-state index contributed by atoms with van der Waals surface area (Å²) in [7, 11) is -2.56. The average molecular weight is 1330 g/mol. The number of amides is 5. The molecule has 0 spiro atoms. The third-order valence-corrected chi connectivity index (χ3v) is 19.3. The van der Waals surface area contributed by atoms with Crippen LogP contribution in [0.15, 0.2) is 146 Å². The van der Waals surface area contributed by atoms with Crippen LogP contribution in [0.5, 0.6) is 5.75 Å². The molecular formula is C73H98N6O15Si. The predicted molar refractivity (Wildman–Crippen MR) is 367 cm³/mol. The Kier molecular flexibility index (Phi) is 32.0. The third kappa shape index (κ3) is 29.2. The minimum Gasteiger partial charge on any atom is -0.488 e. The first-order chi connectivity index (χ1) is 44.8. The smallest absolute Gasteiger partial charge is 0.308 e. The SMILES string of the molecule is CC(C)(C)OC(=O)C[C@H](NC(=O)[C@H](CC(=O)OC(C)(C)C)NC(=O)[C@H](Cc1ccccc1)NC(=O)C(Cc1ccc(OC(C)(C)C)cc1)NC(=O)[C@@H](N)Cc1ccccc1)C(=O)NCCOCCOCCOCC#C[Si](c1ccccc1)(c1ccccc1)C(C)(C)C.O=CO. The lowest BCUT2D eigenvalue weighted by atomic mass is 10.0. The van der Waals surface area contributed by atoms with Crippen LogP contribution in [0.4, 0.5) is 0 Å². The summed E-state index contributed by atoms with van der Waals surface area (Å²) in [4.78, 5) is 107. The molecule has 0 saturated heterocycles. The van der Waals surface area contributed by atoms with Crippen LogP contribution in [-0.4, -0.2) is 154 Å². The van der Waals surface area contributed by atoms with Gasteiger partial charge >= 0.3 is 11.9 Å². The number of esters is 2. The highest BCUT2D eigenvalue weighted by molar-refractivity contribution is 7.10. The molecule has 5 aromatic rings. The minimum absolute atomic E-state index is 0.0318. The first-order valence-corrected chi connectivity index (χ1v) is 33.8. The van der Waals surface area contributed by atoms with E-state index in [-0.39, 0.29) is 63.7 Å². The number of benzene rings is 5. The maximum Gasteiger partial charge on any atom is 0.308 e. The van der Waals surface area contributed by atoms with Gasteiger partial charge in [0.05, 0.1) is 51.9 Å². The zero-order valence-corrected chi connectivity index (χ0v) is 58.0. The average Bonchev–Trinajstić information content (AvgIpc) is 0.750. The first-order valence-electron chi connectivity index (χ1n) is 31.8. The van der Waals surface area contributed by atoms with Crippen LogP contribution in [0.25, 0.3) is 0 Å². The van der Waals surface area contributed by atoms with E-state index in [0.717, 1.165) is 5.56 Å². The highest BCUT2D eigenvalue weighted by Crippen LogP contribution is 2.35. The molecule has 5 rings (SSSR count). The maximum absolute atomic E-state index is 14.8. The van der Waals surface area contributed by atoms with E-state index in [1.54, 1.807) is 96.1 Å². The summed E-state index contributed by atoms with van der Waals surface area (Å²) in [5.74, 6) is -1.88.